The number of carboxylic acid groups (broad SMARTS) is 1. The lowest BCUT2D eigenvalue weighted by molar-refractivity contribution is -0.137. The van der Waals surface area contributed by atoms with Crippen LogP contribution in [0.3, 0.4) is 0 Å². The van der Waals surface area contributed by atoms with E-state index in [9.17, 15) is 13.2 Å². The van der Waals surface area contributed by atoms with E-state index >= 15 is 0 Å². The van der Waals surface area contributed by atoms with Gasteiger partial charge in [0.25, 0.3) is 0 Å². The van der Waals surface area contributed by atoms with Gasteiger partial charge in [-0.1, -0.05) is 60.7 Å². The van der Waals surface area contributed by atoms with Crippen LogP contribution in [0.4, 0.5) is 0 Å². The fraction of sp³-hybridized carbons (Fsp3) is 0.105. The Morgan fingerprint density at radius 1 is 0.920 bits per heavy atom. The van der Waals surface area contributed by atoms with E-state index in [1.165, 1.54) is 6.07 Å². The highest BCUT2D eigenvalue weighted by molar-refractivity contribution is 7.89. The van der Waals surface area contributed by atoms with Crippen LogP contribution in [0.2, 0.25) is 0 Å². The van der Waals surface area contributed by atoms with E-state index in [1.54, 1.807) is 42.5 Å². The molecule has 0 unspecified atom stereocenters. The van der Waals surface area contributed by atoms with Crippen molar-refractivity contribution in [3.63, 3.8) is 0 Å². The Hall–Kier alpha value is -2.70. The SMILES string of the molecule is O=C(O)C[C@@H](NS(=O)(=O)c1ccc2ccccc2c1)c1ccccc1. The molecule has 0 radical (unpaired) electrons. The Labute approximate surface area is 146 Å². The number of sulfonamides is 1. The lowest BCUT2D eigenvalue weighted by atomic mass is 10.1. The van der Waals surface area contributed by atoms with Crippen LogP contribution in [0.25, 0.3) is 10.8 Å². The summed E-state index contributed by atoms with van der Waals surface area (Å²) < 4.78 is 28.0. The first-order valence-corrected chi connectivity index (χ1v) is 9.22. The second-order valence-corrected chi connectivity index (χ2v) is 7.41. The standard InChI is InChI=1S/C19H17NO4S/c21-19(22)13-18(15-7-2-1-3-8-15)20-25(23,24)17-11-10-14-6-4-5-9-16(14)12-17/h1-12,18,20H,13H2,(H,21,22)/t18-/m1/s1. The van der Waals surface area contributed by atoms with Crippen LogP contribution < -0.4 is 4.72 Å². The molecule has 5 nitrogen and oxygen atoms in total. The van der Waals surface area contributed by atoms with Crippen LogP contribution in [-0.2, 0) is 14.8 Å². The summed E-state index contributed by atoms with van der Waals surface area (Å²) >= 11 is 0. The normalized spacial score (nSPS) is 12.8. The molecule has 25 heavy (non-hydrogen) atoms. The third-order valence-corrected chi connectivity index (χ3v) is 5.38. The number of benzene rings is 3. The summed E-state index contributed by atoms with van der Waals surface area (Å²) in [5.74, 6) is -1.07. The van der Waals surface area contributed by atoms with Gasteiger partial charge in [-0.25, -0.2) is 13.1 Å². The van der Waals surface area contributed by atoms with Gasteiger partial charge in [0.15, 0.2) is 0 Å². The van der Waals surface area contributed by atoms with Crippen LogP contribution >= 0.6 is 0 Å². The minimum absolute atomic E-state index is 0.109. The number of rotatable bonds is 6. The number of hydrogen-bond acceptors (Lipinski definition) is 3. The molecule has 0 aliphatic carbocycles. The summed E-state index contributed by atoms with van der Waals surface area (Å²) in [6.45, 7) is 0. The van der Waals surface area contributed by atoms with E-state index in [2.05, 4.69) is 4.72 Å². The van der Waals surface area contributed by atoms with Crippen molar-refractivity contribution in [2.24, 2.45) is 0 Å². The maximum absolute atomic E-state index is 12.7. The minimum Gasteiger partial charge on any atom is -0.481 e. The van der Waals surface area contributed by atoms with Gasteiger partial charge in [0.2, 0.25) is 10.0 Å². The number of nitrogens with one attached hydrogen (secondary N) is 1. The average Bonchev–Trinajstić information content (AvgIpc) is 2.61. The molecule has 0 fully saturated rings. The fourth-order valence-electron chi connectivity index (χ4n) is 2.68. The van der Waals surface area contributed by atoms with Crippen LogP contribution in [0.15, 0.2) is 77.7 Å². The molecule has 1 atom stereocenters. The quantitative estimate of drug-likeness (QED) is 0.710. The highest BCUT2D eigenvalue weighted by Gasteiger charge is 2.23. The van der Waals surface area contributed by atoms with Crippen LogP contribution in [0.1, 0.15) is 18.0 Å². The van der Waals surface area contributed by atoms with Gasteiger partial charge in [-0.3, -0.25) is 4.79 Å². The highest BCUT2D eigenvalue weighted by atomic mass is 32.2. The molecule has 0 aliphatic heterocycles. The first kappa shape index (κ1) is 17.1. The van der Waals surface area contributed by atoms with Gasteiger partial charge >= 0.3 is 5.97 Å². The minimum atomic E-state index is -3.86. The molecule has 0 aliphatic rings. The van der Waals surface area contributed by atoms with Crippen molar-refractivity contribution in [3.8, 4) is 0 Å². The molecule has 6 heteroatoms. The van der Waals surface area contributed by atoms with Gasteiger partial charge in [0.1, 0.15) is 0 Å². The Morgan fingerprint density at radius 2 is 1.56 bits per heavy atom. The zero-order chi connectivity index (χ0) is 17.9. The predicted molar refractivity (Wildman–Crippen MR) is 95.7 cm³/mol. The molecular weight excluding hydrogens is 338 g/mol. The summed E-state index contributed by atoms with van der Waals surface area (Å²) in [5.41, 5.74) is 0.606. The largest absolute Gasteiger partial charge is 0.481 e. The lowest BCUT2D eigenvalue weighted by Gasteiger charge is -2.18. The smallest absolute Gasteiger partial charge is 0.305 e. The molecule has 0 heterocycles. The van der Waals surface area contributed by atoms with E-state index in [4.69, 9.17) is 5.11 Å². The predicted octanol–water partition coefficient (Wildman–Crippen LogP) is 3.33. The zero-order valence-corrected chi connectivity index (χ0v) is 14.1. The first-order valence-electron chi connectivity index (χ1n) is 7.73. The lowest BCUT2D eigenvalue weighted by Crippen LogP contribution is -2.30. The molecule has 3 aromatic rings. The van der Waals surface area contributed by atoms with Gasteiger partial charge in [-0.2, -0.15) is 0 Å². The maximum Gasteiger partial charge on any atom is 0.305 e. The van der Waals surface area contributed by atoms with Crippen molar-refractivity contribution in [2.45, 2.75) is 17.4 Å². The van der Waals surface area contributed by atoms with Crippen LogP contribution in [-0.4, -0.2) is 19.5 Å². The zero-order valence-electron chi connectivity index (χ0n) is 13.3. The summed E-state index contributed by atoms with van der Waals surface area (Å²) in [6.07, 6.45) is -0.336. The summed E-state index contributed by atoms with van der Waals surface area (Å²) in [4.78, 5) is 11.3. The molecule has 3 aromatic carbocycles. The van der Waals surface area contributed by atoms with Crippen molar-refractivity contribution in [1.82, 2.24) is 4.72 Å². The van der Waals surface area contributed by atoms with Crippen molar-refractivity contribution < 1.29 is 18.3 Å². The van der Waals surface area contributed by atoms with Crippen molar-refractivity contribution in [2.75, 3.05) is 0 Å². The first-order chi connectivity index (χ1) is 12.0. The molecule has 0 amide bonds. The van der Waals surface area contributed by atoms with Crippen LogP contribution in [0, 0.1) is 0 Å². The Kier molecular flexibility index (Phi) is 4.83. The van der Waals surface area contributed by atoms with E-state index in [1.807, 2.05) is 24.3 Å². The van der Waals surface area contributed by atoms with Gasteiger partial charge in [-0.15, -0.1) is 0 Å². The molecule has 3 rings (SSSR count). The van der Waals surface area contributed by atoms with Crippen LogP contribution in [0.5, 0.6) is 0 Å². The van der Waals surface area contributed by atoms with E-state index in [0.717, 1.165) is 10.8 Å². The Bertz CT molecular complexity index is 1000. The number of aliphatic carboxylic acids is 1. The van der Waals surface area contributed by atoms with Crippen molar-refractivity contribution in [1.29, 1.82) is 0 Å². The average molecular weight is 355 g/mol. The van der Waals surface area contributed by atoms with E-state index in [0.29, 0.717) is 5.56 Å². The molecule has 0 spiro atoms. The van der Waals surface area contributed by atoms with Gasteiger partial charge < -0.3 is 5.11 Å². The Morgan fingerprint density at radius 3 is 2.24 bits per heavy atom. The van der Waals surface area contributed by atoms with E-state index in [-0.39, 0.29) is 11.3 Å². The monoisotopic (exact) mass is 355 g/mol. The summed E-state index contributed by atoms with van der Waals surface area (Å²) in [7, 11) is -3.86. The van der Waals surface area contributed by atoms with Gasteiger partial charge in [0, 0.05) is 0 Å². The maximum atomic E-state index is 12.7. The number of carboxylic acids is 1. The second-order valence-electron chi connectivity index (χ2n) is 5.69. The van der Waals surface area contributed by atoms with Crippen molar-refractivity contribution in [3.05, 3.63) is 78.4 Å². The summed E-state index contributed by atoms with van der Waals surface area (Å²) in [5, 5.41) is 10.9. The molecule has 0 bridgehead atoms. The summed E-state index contributed by atoms with van der Waals surface area (Å²) in [6, 6.07) is 20.1. The van der Waals surface area contributed by atoms with E-state index < -0.39 is 22.0 Å². The molecule has 128 valence electrons. The molecular formula is C19H17NO4S. The molecule has 0 aromatic heterocycles. The number of fused-ring (bicyclic) bond motifs is 1. The second kappa shape index (κ2) is 7.04. The third kappa shape index (κ3) is 4.04. The number of hydrogen-bond donors (Lipinski definition) is 2. The highest BCUT2D eigenvalue weighted by Crippen LogP contribution is 2.23. The molecule has 0 saturated heterocycles. The molecule has 0 saturated carbocycles. The van der Waals surface area contributed by atoms with Gasteiger partial charge in [0.05, 0.1) is 17.4 Å². The number of carbonyl (C=O) groups is 1. The molecule has 2 N–H and O–H groups in total. The Balaban J connectivity index is 1.95. The van der Waals surface area contributed by atoms with Gasteiger partial charge in [-0.05, 0) is 28.5 Å². The van der Waals surface area contributed by atoms with Crippen molar-refractivity contribution >= 4 is 26.8 Å². The third-order valence-electron chi connectivity index (χ3n) is 3.91. The topological polar surface area (TPSA) is 83.5 Å². The fourth-order valence-corrected chi connectivity index (χ4v) is 3.94.